The lowest BCUT2D eigenvalue weighted by atomic mass is 9.93. The van der Waals surface area contributed by atoms with Crippen LogP contribution < -0.4 is 0 Å². The summed E-state index contributed by atoms with van der Waals surface area (Å²) < 4.78 is 25.5. The molecule has 0 unspecified atom stereocenters. The number of aromatic nitrogens is 1. The number of hydrogen-bond donors (Lipinski definition) is 0. The topological polar surface area (TPSA) is 70.8 Å². The fraction of sp³-hybridized carbons (Fsp3) is 0.182. The van der Waals surface area contributed by atoms with Gasteiger partial charge in [0.1, 0.15) is 16.0 Å². The third-order valence-electron chi connectivity index (χ3n) is 4.23. The number of benzene rings is 2. The molecule has 0 bridgehead atoms. The third-order valence-corrected chi connectivity index (χ3v) is 7.02. The van der Waals surface area contributed by atoms with Gasteiger partial charge in [-0.25, -0.2) is 13.4 Å². The van der Waals surface area contributed by atoms with Gasteiger partial charge in [-0.05, 0) is 29.8 Å². The summed E-state index contributed by atoms with van der Waals surface area (Å²) >= 11 is 7.46. The van der Waals surface area contributed by atoms with Crippen molar-refractivity contribution in [1.29, 1.82) is 5.26 Å². The summed E-state index contributed by atoms with van der Waals surface area (Å²) in [6.45, 7) is 6.34. The summed E-state index contributed by atoms with van der Waals surface area (Å²) in [7, 11) is -3.94. The van der Waals surface area contributed by atoms with E-state index in [9.17, 15) is 13.7 Å². The number of nitrogens with zero attached hydrogens (tertiary/aromatic N) is 2. The summed E-state index contributed by atoms with van der Waals surface area (Å²) in [4.78, 5) is 4.34. The van der Waals surface area contributed by atoms with Crippen LogP contribution in [0.5, 0.6) is 0 Å². The van der Waals surface area contributed by atoms with Crippen molar-refractivity contribution in [2.45, 2.75) is 31.1 Å². The maximum atomic E-state index is 12.7. The molecule has 29 heavy (non-hydrogen) atoms. The van der Waals surface area contributed by atoms with Crippen LogP contribution in [0.3, 0.4) is 0 Å². The zero-order valence-corrected chi connectivity index (χ0v) is 18.6. The van der Waals surface area contributed by atoms with Gasteiger partial charge in [0, 0.05) is 21.4 Å². The molecule has 0 aliphatic carbocycles. The number of rotatable bonds is 4. The Balaban J connectivity index is 1.92. The van der Waals surface area contributed by atoms with Crippen molar-refractivity contribution in [3.8, 4) is 16.6 Å². The monoisotopic (exact) mass is 442 g/mol. The van der Waals surface area contributed by atoms with E-state index in [1.807, 2.05) is 12.1 Å². The Morgan fingerprint density at radius 1 is 1.17 bits per heavy atom. The van der Waals surface area contributed by atoms with Gasteiger partial charge in [-0.15, -0.1) is 11.3 Å². The molecule has 0 spiro atoms. The van der Waals surface area contributed by atoms with Gasteiger partial charge in [0.25, 0.3) is 0 Å². The van der Waals surface area contributed by atoms with E-state index >= 15 is 0 Å². The normalized spacial score (nSPS) is 12.6. The smallest absolute Gasteiger partial charge is 0.216 e. The lowest BCUT2D eigenvalue weighted by molar-refractivity contribution is 0.573. The van der Waals surface area contributed by atoms with E-state index < -0.39 is 9.84 Å². The summed E-state index contributed by atoms with van der Waals surface area (Å²) in [6, 6.07) is 15.0. The zero-order chi connectivity index (χ0) is 21.2. The lowest BCUT2D eigenvalue weighted by Crippen LogP contribution is -2.11. The van der Waals surface area contributed by atoms with Gasteiger partial charge in [0.05, 0.1) is 10.6 Å². The van der Waals surface area contributed by atoms with Crippen LogP contribution in [0.25, 0.3) is 16.6 Å². The fourth-order valence-corrected chi connectivity index (χ4v) is 5.07. The van der Waals surface area contributed by atoms with Crippen LogP contribution >= 0.6 is 22.9 Å². The van der Waals surface area contributed by atoms with Crippen LogP contribution in [0, 0.1) is 11.3 Å². The van der Waals surface area contributed by atoms with E-state index in [1.165, 1.54) is 18.2 Å². The predicted octanol–water partition coefficient (Wildman–Crippen LogP) is 6.10. The van der Waals surface area contributed by atoms with Crippen molar-refractivity contribution in [3.63, 3.8) is 0 Å². The minimum absolute atomic E-state index is 0.00749. The highest BCUT2D eigenvalue weighted by Gasteiger charge is 2.21. The Labute approximate surface area is 180 Å². The zero-order valence-electron chi connectivity index (χ0n) is 16.2. The second kappa shape index (κ2) is 8.11. The molecule has 3 aromatic rings. The van der Waals surface area contributed by atoms with E-state index in [2.05, 4.69) is 31.1 Å². The van der Waals surface area contributed by atoms with Gasteiger partial charge in [0.15, 0.2) is 0 Å². The molecule has 0 N–H and O–H groups in total. The van der Waals surface area contributed by atoms with Crippen molar-refractivity contribution in [2.75, 3.05) is 0 Å². The minimum atomic E-state index is -3.94. The first-order valence-electron chi connectivity index (χ1n) is 8.80. The summed E-state index contributed by atoms with van der Waals surface area (Å²) in [5.41, 5.74) is 2.57. The first-order chi connectivity index (χ1) is 13.6. The molecule has 7 heteroatoms. The van der Waals surface area contributed by atoms with Crippen molar-refractivity contribution >= 4 is 38.9 Å². The quantitative estimate of drug-likeness (QED) is 0.457. The van der Waals surface area contributed by atoms with E-state index in [-0.39, 0.29) is 15.2 Å². The number of halogens is 1. The van der Waals surface area contributed by atoms with Crippen LogP contribution in [0.15, 0.2) is 63.7 Å². The first-order valence-corrected chi connectivity index (χ1v) is 11.5. The Kier molecular flexibility index (Phi) is 5.95. The van der Waals surface area contributed by atoms with Gasteiger partial charge in [-0.1, -0.05) is 62.7 Å². The predicted molar refractivity (Wildman–Crippen MR) is 118 cm³/mol. The third kappa shape index (κ3) is 4.76. The van der Waals surface area contributed by atoms with Gasteiger partial charge in [-0.2, -0.15) is 5.26 Å². The molecular weight excluding hydrogens is 424 g/mol. The Morgan fingerprint density at radius 2 is 1.86 bits per heavy atom. The van der Waals surface area contributed by atoms with Gasteiger partial charge in [-0.3, -0.25) is 0 Å². The Hall–Kier alpha value is -2.46. The average Bonchev–Trinajstić information content (AvgIpc) is 3.17. The van der Waals surface area contributed by atoms with E-state index in [1.54, 1.807) is 41.7 Å². The number of thiazole rings is 1. The largest absolute Gasteiger partial charge is 0.241 e. The number of sulfone groups is 1. The van der Waals surface area contributed by atoms with Gasteiger partial charge < -0.3 is 0 Å². The number of nitriles is 1. The second-order valence-electron chi connectivity index (χ2n) is 7.49. The molecule has 2 aromatic carbocycles. The molecule has 0 saturated carbocycles. The van der Waals surface area contributed by atoms with Crippen molar-refractivity contribution in [2.24, 2.45) is 0 Å². The van der Waals surface area contributed by atoms with Crippen LogP contribution in [-0.4, -0.2) is 13.4 Å². The first kappa shape index (κ1) is 21.3. The highest BCUT2D eigenvalue weighted by molar-refractivity contribution is 7.95. The lowest BCUT2D eigenvalue weighted by Gasteiger charge is -2.14. The Morgan fingerprint density at radius 3 is 2.41 bits per heavy atom. The summed E-state index contributed by atoms with van der Waals surface area (Å²) in [5.74, 6) is 0. The van der Waals surface area contributed by atoms with Crippen molar-refractivity contribution in [1.82, 2.24) is 4.98 Å². The molecule has 4 nitrogen and oxygen atoms in total. The molecule has 0 aliphatic heterocycles. The van der Waals surface area contributed by atoms with Gasteiger partial charge in [0.2, 0.25) is 9.84 Å². The molecule has 0 fully saturated rings. The average molecular weight is 443 g/mol. The molecule has 0 aliphatic rings. The molecule has 0 amide bonds. The van der Waals surface area contributed by atoms with Crippen LogP contribution in [0.2, 0.25) is 5.02 Å². The fourth-order valence-electron chi connectivity index (χ4n) is 2.56. The maximum absolute atomic E-state index is 12.7. The van der Waals surface area contributed by atoms with E-state index in [4.69, 9.17) is 11.6 Å². The number of hydrogen-bond acceptors (Lipinski definition) is 5. The summed E-state index contributed by atoms with van der Waals surface area (Å²) in [6.07, 6.45) is 1.36. The molecule has 1 heterocycles. The van der Waals surface area contributed by atoms with Crippen LogP contribution in [0.1, 0.15) is 32.0 Å². The molecule has 0 saturated heterocycles. The van der Waals surface area contributed by atoms with Crippen molar-refractivity contribution in [3.05, 3.63) is 75.1 Å². The maximum Gasteiger partial charge on any atom is 0.216 e. The molecule has 1 aromatic heterocycles. The molecule has 0 radical (unpaired) electrons. The van der Waals surface area contributed by atoms with E-state index in [0.717, 1.165) is 16.3 Å². The van der Waals surface area contributed by atoms with Crippen molar-refractivity contribution < 1.29 is 8.42 Å². The Bertz CT molecular complexity index is 1210. The highest BCUT2D eigenvalue weighted by Crippen LogP contribution is 2.30. The van der Waals surface area contributed by atoms with Crippen LogP contribution in [-0.2, 0) is 15.3 Å². The molecule has 3 rings (SSSR count). The summed E-state index contributed by atoms with van der Waals surface area (Å²) in [5, 5.41) is 12.7. The number of allylic oxidation sites excluding steroid dienone is 1. The second-order valence-corrected chi connectivity index (χ2v) is 10.7. The van der Waals surface area contributed by atoms with Gasteiger partial charge >= 0.3 is 0 Å². The molecule has 148 valence electrons. The molecular formula is C22H19ClN2O2S2. The molecule has 0 atom stereocenters. The standard InChI is InChI=1S/C22H19ClN2O2S2/c1-22(2,3)20-14-28-21(25-20)16-9-7-15(8-10-16)11-19(13-24)29(26,27)18-6-4-5-17(23)12-18/h4-12,14H,1-3H3/b19-11-. The van der Waals surface area contributed by atoms with E-state index in [0.29, 0.717) is 10.6 Å². The minimum Gasteiger partial charge on any atom is -0.241 e. The SMILES string of the molecule is CC(C)(C)c1csc(-c2ccc(/C=C(/C#N)S(=O)(=O)c3cccc(Cl)c3)cc2)n1. The highest BCUT2D eigenvalue weighted by atomic mass is 35.5. The van der Waals surface area contributed by atoms with Crippen LogP contribution in [0.4, 0.5) is 0 Å².